The molecular formula is C50H66O9Si. The number of hydrogen-bond donors (Lipinski definition) is 0. The molecule has 8 aliphatic rings. The highest BCUT2D eigenvalue weighted by Gasteiger charge is 2.85. The Balaban J connectivity index is 1.15. The number of fused-ring (bicyclic) bond motifs is 2. The van der Waals surface area contributed by atoms with Gasteiger partial charge in [-0.05, 0) is 92.0 Å². The zero-order valence-corrected chi connectivity index (χ0v) is 38.3. The van der Waals surface area contributed by atoms with E-state index in [1.165, 1.54) is 11.9 Å². The van der Waals surface area contributed by atoms with E-state index >= 15 is 4.79 Å². The molecule has 4 saturated heterocycles. The third-order valence-electron chi connectivity index (χ3n) is 16.5. The van der Waals surface area contributed by atoms with E-state index in [2.05, 4.69) is 80.6 Å². The van der Waals surface area contributed by atoms with Crippen LogP contribution >= 0.6 is 0 Å². The first-order valence-corrected chi connectivity index (χ1v) is 25.4. The maximum atomic E-state index is 16.2. The molecule has 13 unspecified atom stereocenters. The first-order chi connectivity index (χ1) is 28.4. The molecule has 2 aromatic rings. The quantitative estimate of drug-likeness (QED) is 0.0798. The molecule has 13 atom stereocenters. The van der Waals surface area contributed by atoms with Crippen molar-refractivity contribution < 1.29 is 42.4 Å². The number of esters is 1. The smallest absolute Gasteiger partial charge is 0.318 e. The number of benzene rings is 2. The summed E-state index contributed by atoms with van der Waals surface area (Å²) < 4.78 is 48.4. The zero-order chi connectivity index (χ0) is 42.6. The molecule has 324 valence electrons. The first-order valence-electron chi connectivity index (χ1n) is 22.5. The summed E-state index contributed by atoms with van der Waals surface area (Å²) in [5, 5.41) is -0.132. The molecule has 0 radical (unpaired) electrons. The second-order valence-electron chi connectivity index (χ2n) is 21.2. The van der Waals surface area contributed by atoms with Gasteiger partial charge in [-0.15, -0.1) is 0 Å². The summed E-state index contributed by atoms with van der Waals surface area (Å²) in [6, 6.07) is 19.9. The van der Waals surface area contributed by atoms with E-state index in [9.17, 15) is 4.79 Å². The van der Waals surface area contributed by atoms with Gasteiger partial charge in [-0.1, -0.05) is 132 Å². The largest absolute Gasteiger partial charge is 0.452 e. The summed E-state index contributed by atoms with van der Waals surface area (Å²) >= 11 is 0. The van der Waals surface area contributed by atoms with E-state index in [1.54, 1.807) is 0 Å². The van der Waals surface area contributed by atoms with E-state index in [1.807, 2.05) is 60.7 Å². The molecule has 0 spiro atoms. The van der Waals surface area contributed by atoms with Crippen molar-refractivity contribution in [2.75, 3.05) is 13.2 Å². The van der Waals surface area contributed by atoms with Crippen molar-refractivity contribution in [2.45, 2.75) is 142 Å². The van der Waals surface area contributed by atoms with Crippen LogP contribution in [0.1, 0.15) is 98.3 Å². The Morgan fingerprint density at radius 2 is 1.62 bits per heavy atom. The van der Waals surface area contributed by atoms with Gasteiger partial charge >= 0.3 is 11.9 Å². The Labute approximate surface area is 358 Å². The van der Waals surface area contributed by atoms with Gasteiger partial charge in [0, 0.05) is 5.41 Å². The highest BCUT2D eigenvalue weighted by Crippen LogP contribution is 2.83. The van der Waals surface area contributed by atoms with Crippen LogP contribution in [0.25, 0.3) is 0 Å². The molecule has 2 aromatic carbocycles. The highest BCUT2D eigenvalue weighted by molar-refractivity contribution is 6.74. The maximum absolute atomic E-state index is 16.2. The highest BCUT2D eigenvalue weighted by atomic mass is 28.4. The van der Waals surface area contributed by atoms with Crippen LogP contribution in [-0.4, -0.2) is 70.5 Å². The summed E-state index contributed by atoms with van der Waals surface area (Å²) in [6.45, 7) is 22.4. The topological polar surface area (TPSA) is 98.8 Å². The molecule has 0 N–H and O–H groups in total. The number of aldehydes is 1. The maximum Gasteiger partial charge on any atom is 0.318 e. The van der Waals surface area contributed by atoms with Crippen LogP contribution in [0.15, 0.2) is 84.0 Å². The van der Waals surface area contributed by atoms with Gasteiger partial charge in [0.15, 0.2) is 26.8 Å². The van der Waals surface area contributed by atoms with E-state index in [4.69, 9.17) is 32.8 Å². The van der Waals surface area contributed by atoms with Crippen LogP contribution in [-0.2, 0) is 42.4 Å². The van der Waals surface area contributed by atoms with Crippen LogP contribution in [0.4, 0.5) is 0 Å². The molecule has 4 aliphatic heterocycles. The van der Waals surface area contributed by atoms with Crippen molar-refractivity contribution in [3.8, 4) is 0 Å². The number of rotatable bonds is 14. The van der Waals surface area contributed by atoms with Crippen molar-refractivity contribution >= 4 is 20.6 Å². The lowest BCUT2D eigenvalue weighted by Gasteiger charge is -2.59. The van der Waals surface area contributed by atoms with Gasteiger partial charge in [0.05, 0.1) is 18.6 Å². The summed E-state index contributed by atoms with van der Waals surface area (Å²) in [6.07, 6.45) is 5.28. The molecule has 10 rings (SSSR count). The average Bonchev–Trinajstić information content (AvgIpc) is 3.94. The van der Waals surface area contributed by atoms with Gasteiger partial charge in [0.1, 0.15) is 30.0 Å². The Morgan fingerprint density at radius 1 is 0.950 bits per heavy atom. The van der Waals surface area contributed by atoms with Gasteiger partial charge in [-0.3, -0.25) is 9.53 Å². The number of hydrogen-bond acceptors (Lipinski definition) is 9. The SMILES string of the molecule is CC(C)=CCOC1C2OC3(OCC45CC6C(C)CCC6C6(C=O)CC4C=C(C(C)C)C65C(=O)OC(c4ccccc4)c4ccccc4)OC2OC1C3O[Si](C)(C)C(C)(C)C. The molecule has 10 heteroatoms. The molecule has 7 fully saturated rings. The van der Waals surface area contributed by atoms with Crippen LogP contribution in [0.3, 0.4) is 0 Å². The van der Waals surface area contributed by atoms with Crippen molar-refractivity contribution in [3.63, 3.8) is 0 Å². The van der Waals surface area contributed by atoms with Crippen molar-refractivity contribution in [1.29, 1.82) is 0 Å². The average molecular weight is 839 g/mol. The molecule has 0 aromatic heterocycles. The monoisotopic (exact) mass is 838 g/mol. The second-order valence-corrected chi connectivity index (χ2v) is 26.0. The van der Waals surface area contributed by atoms with Crippen LogP contribution in [0.2, 0.25) is 18.1 Å². The predicted octanol–water partition coefficient (Wildman–Crippen LogP) is 9.73. The number of allylic oxidation sites excluding steroid dienone is 2. The van der Waals surface area contributed by atoms with E-state index in [0.717, 1.165) is 36.0 Å². The first kappa shape index (κ1) is 42.3. The van der Waals surface area contributed by atoms with Crippen molar-refractivity contribution in [2.24, 2.45) is 45.8 Å². The lowest BCUT2D eigenvalue weighted by atomic mass is 9.43. The fourth-order valence-corrected chi connectivity index (χ4v) is 14.0. The third-order valence-corrected chi connectivity index (χ3v) is 21.0. The summed E-state index contributed by atoms with van der Waals surface area (Å²) in [5.41, 5.74) is 0.869. The van der Waals surface area contributed by atoms with Crippen molar-refractivity contribution in [1.82, 2.24) is 0 Å². The molecule has 8 bridgehead atoms. The molecular weight excluding hydrogens is 773 g/mol. The van der Waals surface area contributed by atoms with Gasteiger partial charge < -0.3 is 32.9 Å². The fourth-order valence-electron chi connectivity index (χ4n) is 12.7. The van der Waals surface area contributed by atoms with Gasteiger partial charge in [-0.25, -0.2) is 0 Å². The minimum Gasteiger partial charge on any atom is -0.452 e. The lowest BCUT2D eigenvalue weighted by molar-refractivity contribution is -0.445. The minimum absolute atomic E-state index is 0.0190. The Bertz CT molecular complexity index is 1980. The minimum atomic E-state index is -2.48. The van der Waals surface area contributed by atoms with Crippen LogP contribution < -0.4 is 0 Å². The summed E-state index contributed by atoms with van der Waals surface area (Å²) in [7, 11) is -2.48. The van der Waals surface area contributed by atoms with E-state index in [-0.39, 0.29) is 41.3 Å². The van der Waals surface area contributed by atoms with Gasteiger partial charge in [0.2, 0.25) is 0 Å². The van der Waals surface area contributed by atoms with Crippen molar-refractivity contribution in [3.05, 3.63) is 95.1 Å². The van der Waals surface area contributed by atoms with E-state index in [0.29, 0.717) is 18.9 Å². The molecule has 9 nitrogen and oxygen atoms in total. The number of ether oxygens (including phenoxy) is 6. The summed E-state index contributed by atoms with van der Waals surface area (Å²) in [4.78, 5) is 30.6. The third kappa shape index (κ3) is 5.97. The fraction of sp³-hybridized carbons (Fsp3) is 0.640. The molecule has 3 saturated carbocycles. The molecule has 60 heavy (non-hydrogen) atoms. The molecule has 4 aliphatic carbocycles. The van der Waals surface area contributed by atoms with E-state index < -0.39 is 67.3 Å². The van der Waals surface area contributed by atoms with Crippen LogP contribution in [0.5, 0.6) is 0 Å². The van der Waals surface area contributed by atoms with Gasteiger partial charge in [0.25, 0.3) is 0 Å². The summed E-state index contributed by atoms with van der Waals surface area (Å²) in [5.74, 6) is -1.36. The zero-order valence-electron chi connectivity index (χ0n) is 37.3. The second kappa shape index (κ2) is 14.8. The Kier molecular flexibility index (Phi) is 10.5. The Morgan fingerprint density at radius 3 is 2.22 bits per heavy atom. The molecule has 4 heterocycles. The Hall–Kier alpha value is -2.96. The van der Waals surface area contributed by atoms with Crippen LogP contribution in [0, 0.1) is 45.8 Å². The normalized spacial score (nSPS) is 39.7. The number of carbonyl (C=O) groups is 2. The number of carbonyl (C=O) groups excluding carboxylic acids is 2. The van der Waals surface area contributed by atoms with Gasteiger partial charge in [-0.2, -0.15) is 0 Å². The lowest BCUT2D eigenvalue weighted by Crippen LogP contribution is -2.68. The predicted molar refractivity (Wildman–Crippen MR) is 230 cm³/mol. The standard InChI is InChI=1S/C50H66O9Si/c1-30(2)23-24-53-40-41-43(59-60(9,10)46(6,7)8)50(57-42(40)44(55-41)58-50)54-29-48-27-36-32(5)21-22-37(36)47(28-51)26-35(48)25-38(31(3)4)49(47,48)45(52)56-39(33-17-13-11-14-18-33)34-19-15-12-16-20-34/h11-20,23,25,28,31-32,35-37,39-44H,21-22,24,26-27,29H2,1-10H3. The molecule has 0 amide bonds.